The zero-order valence-electron chi connectivity index (χ0n) is 15.9. The summed E-state index contributed by atoms with van der Waals surface area (Å²) < 4.78 is 39.3. The Morgan fingerprint density at radius 1 is 0.500 bits per heavy atom. The van der Waals surface area contributed by atoms with Crippen LogP contribution in [-0.2, 0) is 10.0 Å². The van der Waals surface area contributed by atoms with Crippen molar-refractivity contribution in [2.75, 3.05) is 4.72 Å². The molecule has 0 aromatic heterocycles. The van der Waals surface area contributed by atoms with Crippen molar-refractivity contribution < 1.29 is 17.9 Å². The Balaban J connectivity index is 1.42. The molecule has 0 aliphatic rings. The van der Waals surface area contributed by atoms with Crippen LogP contribution in [0.1, 0.15) is 0 Å². The molecular weight excluding hydrogens is 398 g/mol. The number of benzene rings is 4. The molecule has 0 fully saturated rings. The van der Waals surface area contributed by atoms with E-state index in [2.05, 4.69) is 4.72 Å². The number of rotatable bonds is 7. The summed E-state index contributed by atoms with van der Waals surface area (Å²) in [5.41, 5.74) is 0.444. The molecule has 4 rings (SSSR count). The fraction of sp³-hybridized carbons (Fsp3) is 0. The lowest BCUT2D eigenvalue weighted by Crippen LogP contribution is -2.12. The SMILES string of the molecule is O=S(=O)(Nc1ccc(Oc2ccccc2)cc1)c1ccc(Oc2ccccc2)cc1. The number of sulfonamides is 1. The van der Waals surface area contributed by atoms with Crippen LogP contribution in [0.5, 0.6) is 23.0 Å². The molecular formula is C24H19NO4S. The molecule has 0 unspecified atom stereocenters. The van der Waals surface area contributed by atoms with E-state index < -0.39 is 10.0 Å². The summed E-state index contributed by atoms with van der Waals surface area (Å²) in [5.74, 6) is 2.57. The van der Waals surface area contributed by atoms with Gasteiger partial charge in [0, 0.05) is 5.69 Å². The third-order valence-corrected chi connectivity index (χ3v) is 5.60. The predicted molar refractivity (Wildman–Crippen MR) is 117 cm³/mol. The lowest BCUT2D eigenvalue weighted by Gasteiger charge is -2.11. The first-order chi connectivity index (χ1) is 14.6. The molecule has 1 N–H and O–H groups in total. The zero-order chi connectivity index (χ0) is 20.8. The summed E-state index contributed by atoms with van der Waals surface area (Å²) >= 11 is 0. The molecule has 0 spiro atoms. The van der Waals surface area contributed by atoms with Crippen molar-refractivity contribution in [2.45, 2.75) is 4.90 Å². The lowest BCUT2D eigenvalue weighted by atomic mass is 10.3. The monoisotopic (exact) mass is 417 g/mol. The highest BCUT2D eigenvalue weighted by molar-refractivity contribution is 7.92. The molecule has 30 heavy (non-hydrogen) atoms. The first-order valence-electron chi connectivity index (χ1n) is 9.27. The average molecular weight is 417 g/mol. The molecule has 4 aromatic carbocycles. The van der Waals surface area contributed by atoms with Crippen LogP contribution >= 0.6 is 0 Å². The molecule has 0 saturated heterocycles. The molecule has 5 nitrogen and oxygen atoms in total. The van der Waals surface area contributed by atoms with Crippen LogP contribution in [0.4, 0.5) is 5.69 Å². The first-order valence-corrected chi connectivity index (χ1v) is 10.8. The van der Waals surface area contributed by atoms with Crippen molar-refractivity contribution in [2.24, 2.45) is 0 Å². The van der Waals surface area contributed by atoms with Crippen LogP contribution in [0, 0.1) is 0 Å². The van der Waals surface area contributed by atoms with Crippen molar-refractivity contribution in [1.29, 1.82) is 0 Å². The van der Waals surface area contributed by atoms with Gasteiger partial charge in [0.15, 0.2) is 0 Å². The summed E-state index contributed by atoms with van der Waals surface area (Å²) in [7, 11) is -3.72. The minimum absolute atomic E-state index is 0.146. The molecule has 0 bridgehead atoms. The van der Waals surface area contributed by atoms with Crippen LogP contribution in [0.2, 0.25) is 0 Å². The van der Waals surface area contributed by atoms with Crippen LogP contribution in [0.3, 0.4) is 0 Å². The van der Waals surface area contributed by atoms with Crippen LogP contribution in [-0.4, -0.2) is 8.42 Å². The fourth-order valence-corrected chi connectivity index (χ4v) is 3.80. The highest BCUT2D eigenvalue weighted by atomic mass is 32.2. The summed E-state index contributed by atoms with van der Waals surface area (Å²) in [6.45, 7) is 0. The van der Waals surface area contributed by atoms with Crippen molar-refractivity contribution in [3.05, 3.63) is 109 Å². The van der Waals surface area contributed by atoms with E-state index in [1.54, 1.807) is 36.4 Å². The minimum Gasteiger partial charge on any atom is -0.457 e. The van der Waals surface area contributed by atoms with Gasteiger partial charge >= 0.3 is 0 Å². The molecule has 0 radical (unpaired) electrons. The third kappa shape index (κ3) is 4.98. The van der Waals surface area contributed by atoms with E-state index in [1.807, 2.05) is 60.7 Å². The Kier molecular flexibility index (Phi) is 5.68. The van der Waals surface area contributed by atoms with Gasteiger partial charge in [0.25, 0.3) is 10.0 Å². The molecule has 150 valence electrons. The van der Waals surface area contributed by atoms with E-state index in [9.17, 15) is 8.42 Å². The number of ether oxygens (including phenoxy) is 2. The zero-order valence-corrected chi connectivity index (χ0v) is 16.8. The number of hydrogen-bond donors (Lipinski definition) is 1. The maximum absolute atomic E-state index is 12.7. The highest BCUT2D eigenvalue weighted by Gasteiger charge is 2.14. The van der Waals surface area contributed by atoms with Crippen molar-refractivity contribution >= 4 is 15.7 Å². The van der Waals surface area contributed by atoms with Crippen LogP contribution in [0.15, 0.2) is 114 Å². The smallest absolute Gasteiger partial charge is 0.261 e. The first kappa shape index (κ1) is 19.5. The Hall–Kier alpha value is -3.77. The van der Waals surface area contributed by atoms with E-state index in [0.29, 0.717) is 28.7 Å². The van der Waals surface area contributed by atoms with Crippen molar-refractivity contribution in [3.8, 4) is 23.0 Å². The Labute approximate surface area is 175 Å². The van der Waals surface area contributed by atoms with E-state index in [0.717, 1.165) is 0 Å². The largest absolute Gasteiger partial charge is 0.457 e. The topological polar surface area (TPSA) is 64.6 Å². The second-order valence-corrected chi connectivity index (χ2v) is 8.11. The maximum Gasteiger partial charge on any atom is 0.261 e. The number of anilines is 1. The van der Waals surface area contributed by atoms with Gasteiger partial charge in [-0.25, -0.2) is 8.42 Å². The summed E-state index contributed by atoms with van der Waals surface area (Å²) in [5, 5.41) is 0. The number of hydrogen-bond acceptors (Lipinski definition) is 4. The summed E-state index contributed by atoms with van der Waals surface area (Å²) in [6, 6.07) is 31.7. The van der Waals surface area contributed by atoms with Gasteiger partial charge in [0.1, 0.15) is 23.0 Å². The van der Waals surface area contributed by atoms with Gasteiger partial charge in [0.05, 0.1) is 4.90 Å². The van der Waals surface area contributed by atoms with Crippen LogP contribution < -0.4 is 14.2 Å². The van der Waals surface area contributed by atoms with Gasteiger partial charge in [-0.2, -0.15) is 0 Å². The third-order valence-electron chi connectivity index (χ3n) is 4.20. The van der Waals surface area contributed by atoms with Gasteiger partial charge in [0.2, 0.25) is 0 Å². The Bertz CT molecular complexity index is 1190. The standard InChI is InChI=1S/C24H19NO4S/c26-30(27,24-17-15-23(16-18-24)29-21-9-5-2-6-10-21)25-19-11-13-22(14-12-19)28-20-7-3-1-4-8-20/h1-18,25H. The summed E-state index contributed by atoms with van der Waals surface area (Å²) in [6.07, 6.45) is 0. The van der Waals surface area contributed by atoms with Gasteiger partial charge in [-0.3, -0.25) is 4.72 Å². The Morgan fingerprint density at radius 2 is 0.900 bits per heavy atom. The minimum atomic E-state index is -3.72. The molecule has 0 heterocycles. The lowest BCUT2D eigenvalue weighted by molar-refractivity contribution is 0.482. The van der Waals surface area contributed by atoms with Crippen LogP contribution in [0.25, 0.3) is 0 Å². The normalized spacial score (nSPS) is 10.9. The van der Waals surface area contributed by atoms with E-state index in [4.69, 9.17) is 9.47 Å². The second kappa shape index (κ2) is 8.71. The van der Waals surface area contributed by atoms with E-state index >= 15 is 0 Å². The Morgan fingerprint density at radius 3 is 1.37 bits per heavy atom. The number of nitrogens with one attached hydrogen (secondary N) is 1. The molecule has 4 aromatic rings. The number of para-hydroxylation sites is 2. The predicted octanol–water partition coefficient (Wildman–Crippen LogP) is 6.07. The fourth-order valence-electron chi connectivity index (χ4n) is 2.74. The van der Waals surface area contributed by atoms with Gasteiger partial charge in [-0.15, -0.1) is 0 Å². The van der Waals surface area contributed by atoms with Crippen molar-refractivity contribution in [3.63, 3.8) is 0 Å². The average Bonchev–Trinajstić information content (AvgIpc) is 2.77. The quantitative estimate of drug-likeness (QED) is 0.396. The van der Waals surface area contributed by atoms with Crippen molar-refractivity contribution in [1.82, 2.24) is 0 Å². The van der Waals surface area contributed by atoms with Gasteiger partial charge < -0.3 is 9.47 Å². The molecule has 0 atom stereocenters. The summed E-state index contributed by atoms with van der Waals surface area (Å²) in [4.78, 5) is 0.146. The molecule has 0 amide bonds. The molecule has 0 aliphatic heterocycles. The molecule has 6 heteroatoms. The van der Waals surface area contributed by atoms with Gasteiger partial charge in [-0.1, -0.05) is 36.4 Å². The molecule has 0 saturated carbocycles. The maximum atomic E-state index is 12.7. The van der Waals surface area contributed by atoms with E-state index in [1.165, 1.54) is 12.1 Å². The highest BCUT2D eigenvalue weighted by Crippen LogP contribution is 2.26. The van der Waals surface area contributed by atoms with E-state index in [-0.39, 0.29) is 4.90 Å². The molecule has 0 aliphatic carbocycles. The van der Waals surface area contributed by atoms with Gasteiger partial charge in [-0.05, 0) is 72.8 Å². The second-order valence-electron chi connectivity index (χ2n) is 6.43.